The van der Waals surface area contributed by atoms with Crippen LogP contribution in [0.15, 0.2) is 29.9 Å². The summed E-state index contributed by atoms with van der Waals surface area (Å²) in [5, 5.41) is 12.5. The van der Waals surface area contributed by atoms with E-state index in [4.69, 9.17) is 11.6 Å². The molecule has 1 aliphatic rings. The molecule has 4 rings (SSSR count). The summed E-state index contributed by atoms with van der Waals surface area (Å²) in [6.45, 7) is 1.19. The number of hydrogen-bond donors (Lipinski definition) is 4. The van der Waals surface area contributed by atoms with E-state index in [1.165, 1.54) is 47.2 Å². The van der Waals surface area contributed by atoms with Crippen LogP contribution < -0.4 is 21.3 Å². The molecule has 0 aromatic carbocycles. The molecular formula is C21H22Cl2N8O4S2. The van der Waals surface area contributed by atoms with Crippen molar-refractivity contribution in [3.05, 3.63) is 50.5 Å². The SMILES string of the molecule is CN1CCc2nc(C(=O)NC(CNC(=O)C(=O)Nc3ccc(Cl)cn3)C(=O)Nc3nccs3)sc2C1.Cl. The van der Waals surface area contributed by atoms with Crippen LogP contribution in [0.4, 0.5) is 10.9 Å². The first kappa shape index (κ1) is 28.4. The van der Waals surface area contributed by atoms with Crippen LogP contribution in [0.3, 0.4) is 0 Å². The van der Waals surface area contributed by atoms with Crippen molar-refractivity contribution in [2.75, 3.05) is 30.8 Å². The van der Waals surface area contributed by atoms with Crippen LogP contribution in [0, 0.1) is 0 Å². The molecule has 4 N–H and O–H groups in total. The Kier molecular flexibility index (Phi) is 9.88. The van der Waals surface area contributed by atoms with E-state index in [1.54, 1.807) is 5.38 Å². The van der Waals surface area contributed by atoms with Gasteiger partial charge in [-0.05, 0) is 19.2 Å². The topological polar surface area (TPSA) is 158 Å². The number of thiazole rings is 2. The third kappa shape index (κ3) is 7.66. The molecule has 16 heteroatoms. The Balaban J connectivity index is 0.00000380. The average molecular weight is 585 g/mol. The van der Waals surface area contributed by atoms with E-state index in [2.05, 4.69) is 41.1 Å². The molecular weight excluding hydrogens is 563 g/mol. The molecule has 37 heavy (non-hydrogen) atoms. The minimum atomic E-state index is -1.20. The molecule has 1 aliphatic heterocycles. The summed E-state index contributed by atoms with van der Waals surface area (Å²) in [5.41, 5.74) is 0.868. The largest absolute Gasteiger partial charge is 0.345 e. The van der Waals surface area contributed by atoms with Gasteiger partial charge in [-0.3, -0.25) is 19.2 Å². The zero-order chi connectivity index (χ0) is 25.7. The van der Waals surface area contributed by atoms with Crippen molar-refractivity contribution in [3.8, 4) is 0 Å². The van der Waals surface area contributed by atoms with E-state index in [1.807, 2.05) is 7.05 Å². The van der Waals surface area contributed by atoms with Gasteiger partial charge in [0.25, 0.3) is 11.8 Å². The number of halogens is 2. The second kappa shape index (κ2) is 12.9. The molecule has 196 valence electrons. The van der Waals surface area contributed by atoms with Crippen LogP contribution in [0.1, 0.15) is 20.4 Å². The lowest BCUT2D eigenvalue weighted by atomic mass is 10.2. The summed E-state index contributed by atoms with van der Waals surface area (Å²) in [6, 6.07) is 1.74. The van der Waals surface area contributed by atoms with Gasteiger partial charge in [0.15, 0.2) is 10.1 Å². The monoisotopic (exact) mass is 584 g/mol. The molecule has 0 bridgehead atoms. The first-order chi connectivity index (χ1) is 17.3. The number of rotatable bonds is 7. The van der Waals surface area contributed by atoms with Gasteiger partial charge < -0.3 is 26.2 Å². The molecule has 0 saturated carbocycles. The fourth-order valence-corrected chi connectivity index (χ4v) is 4.96. The first-order valence-corrected chi connectivity index (χ1v) is 12.7. The van der Waals surface area contributed by atoms with Gasteiger partial charge in [0.05, 0.1) is 10.7 Å². The molecule has 0 radical (unpaired) electrons. The van der Waals surface area contributed by atoms with Crippen LogP contribution in [0.5, 0.6) is 0 Å². The second-order valence-electron chi connectivity index (χ2n) is 7.76. The number of aromatic nitrogens is 3. The number of amides is 4. The Labute approximate surface area is 230 Å². The van der Waals surface area contributed by atoms with Crippen LogP contribution in [-0.2, 0) is 27.3 Å². The molecule has 4 heterocycles. The third-order valence-electron chi connectivity index (χ3n) is 5.04. The number of hydrogen-bond acceptors (Lipinski definition) is 10. The molecule has 3 aromatic rings. The molecule has 0 fully saturated rings. The molecule has 0 spiro atoms. The highest BCUT2D eigenvalue weighted by atomic mass is 35.5. The predicted molar refractivity (Wildman–Crippen MR) is 142 cm³/mol. The molecule has 1 atom stereocenters. The average Bonchev–Trinajstić information content (AvgIpc) is 3.52. The number of carbonyl (C=O) groups is 4. The smallest absolute Gasteiger partial charge is 0.314 e. The number of carbonyl (C=O) groups excluding carboxylic acids is 4. The number of pyridine rings is 1. The number of anilines is 2. The van der Waals surface area contributed by atoms with E-state index in [0.29, 0.717) is 16.7 Å². The third-order valence-corrected chi connectivity index (χ3v) is 7.04. The number of fused-ring (bicyclic) bond motifs is 1. The Bertz CT molecular complexity index is 1270. The second-order valence-corrected chi connectivity index (χ2v) is 10.2. The van der Waals surface area contributed by atoms with Crippen LogP contribution >= 0.6 is 46.7 Å². The lowest BCUT2D eigenvalue weighted by molar-refractivity contribution is -0.136. The lowest BCUT2D eigenvalue weighted by Crippen LogP contribution is -2.52. The highest BCUT2D eigenvalue weighted by Crippen LogP contribution is 2.24. The highest BCUT2D eigenvalue weighted by Gasteiger charge is 2.27. The van der Waals surface area contributed by atoms with Crippen molar-refractivity contribution in [2.24, 2.45) is 0 Å². The van der Waals surface area contributed by atoms with Crippen molar-refractivity contribution in [3.63, 3.8) is 0 Å². The molecule has 3 aromatic heterocycles. The van der Waals surface area contributed by atoms with E-state index in [-0.39, 0.29) is 29.8 Å². The van der Waals surface area contributed by atoms with Crippen LogP contribution in [-0.4, -0.2) is 69.7 Å². The van der Waals surface area contributed by atoms with Crippen molar-refractivity contribution in [1.82, 2.24) is 30.5 Å². The Morgan fingerprint density at radius 3 is 2.68 bits per heavy atom. The van der Waals surface area contributed by atoms with E-state index in [0.717, 1.165) is 23.5 Å². The maximum atomic E-state index is 12.9. The maximum Gasteiger partial charge on any atom is 0.314 e. The van der Waals surface area contributed by atoms with Crippen molar-refractivity contribution in [1.29, 1.82) is 0 Å². The summed E-state index contributed by atoms with van der Waals surface area (Å²) in [5.74, 6) is -3.04. The molecule has 0 saturated heterocycles. The summed E-state index contributed by atoms with van der Waals surface area (Å²) in [6.07, 6.45) is 3.57. The van der Waals surface area contributed by atoms with Gasteiger partial charge in [-0.1, -0.05) is 11.6 Å². The zero-order valence-electron chi connectivity index (χ0n) is 19.3. The van der Waals surface area contributed by atoms with Gasteiger partial charge >= 0.3 is 11.8 Å². The summed E-state index contributed by atoms with van der Waals surface area (Å²) < 4.78 is 0. The summed E-state index contributed by atoms with van der Waals surface area (Å²) >= 11 is 8.22. The van der Waals surface area contributed by atoms with Gasteiger partial charge in [0, 0.05) is 48.7 Å². The van der Waals surface area contributed by atoms with Gasteiger partial charge in [0.1, 0.15) is 11.9 Å². The van der Waals surface area contributed by atoms with Gasteiger partial charge in [0.2, 0.25) is 0 Å². The molecule has 0 aliphatic carbocycles. The minimum absolute atomic E-state index is 0. The number of likely N-dealkylation sites (N-methyl/N-ethyl adjacent to an activating group) is 1. The zero-order valence-corrected chi connectivity index (χ0v) is 22.5. The fraction of sp³-hybridized carbons (Fsp3) is 0.286. The highest BCUT2D eigenvalue weighted by molar-refractivity contribution is 7.14. The Hall–Kier alpha value is -3.17. The summed E-state index contributed by atoms with van der Waals surface area (Å²) in [7, 11) is 1.99. The van der Waals surface area contributed by atoms with Crippen molar-refractivity contribution in [2.45, 2.75) is 19.0 Å². The number of nitrogens with one attached hydrogen (secondary N) is 4. The summed E-state index contributed by atoms with van der Waals surface area (Å²) in [4.78, 5) is 65.8. The molecule has 12 nitrogen and oxygen atoms in total. The predicted octanol–water partition coefficient (Wildman–Crippen LogP) is 1.55. The molecule has 1 unspecified atom stereocenters. The van der Waals surface area contributed by atoms with Crippen LogP contribution in [0.2, 0.25) is 5.02 Å². The maximum absolute atomic E-state index is 12.9. The van der Waals surface area contributed by atoms with E-state index >= 15 is 0 Å². The fourth-order valence-electron chi connectivity index (χ4n) is 3.23. The Morgan fingerprint density at radius 2 is 1.97 bits per heavy atom. The van der Waals surface area contributed by atoms with E-state index < -0.39 is 29.7 Å². The molecule has 4 amide bonds. The van der Waals surface area contributed by atoms with Gasteiger partial charge in [-0.25, -0.2) is 15.0 Å². The minimum Gasteiger partial charge on any atom is -0.345 e. The normalized spacial score (nSPS) is 13.5. The van der Waals surface area contributed by atoms with Gasteiger partial charge in [-0.2, -0.15) is 0 Å². The quantitative estimate of drug-likeness (QED) is 0.304. The Morgan fingerprint density at radius 1 is 1.16 bits per heavy atom. The van der Waals surface area contributed by atoms with E-state index in [9.17, 15) is 19.2 Å². The lowest BCUT2D eigenvalue weighted by Gasteiger charge is -2.20. The standard InChI is InChI=1S/C21H21ClN8O4S2.ClH/c1-30-6-4-12-14(10-30)36-20(27-12)19(34)26-13(16(31)29-21-23-5-7-35-21)9-25-17(32)18(33)28-15-3-2-11(22)8-24-15;/h2-3,5,7-8,13H,4,6,9-10H2,1H3,(H,25,32)(H,26,34)(H,23,29,31)(H,24,28,33);1H. The van der Waals surface area contributed by atoms with Crippen molar-refractivity contribution < 1.29 is 19.2 Å². The number of nitrogens with zero attached hydrogens (tertiary/aromatic N) is 4. The van der Waals surface area contributed by atoms with Gasteiger partial charge in [-0.15, -0.1) is 35.1 Å². The first-order valence-electron chi connectivity index (χ1n) is 10.7. The van der Waals surface area contributed by atoms with Crippen LogP contribution in [0.25, 0.3) is 0 Å². The van der Waals surface area contributed by atoms with Crippen molar-refractivity contribution >= 4 is 81.3 Å².